The molecule has 0 aromatic rings. The third-order valence-corrected chi connectivity index (χ3v) is 1.55. The van der Waals surface area contributed by atoms with E-state index in [0.29, 0.717) is 0 Å². The molecule has 0 spiro atoms. The van der Waals surface area contributed by atoms with E-state index in [1.165, 1.54) is 7.11 Å². The summed E-state index contributed by atoms with van der Waals surface area (Å²) in [5, 5.41) is 3.03. The average molecular weight is 163 g/mol. The minimum absolute atomic E-state index is 0. The van der Waals surface area contributed by atoms with Crippen LogP contribution in [0.1, 0.15) is 12.8 Å². The number of ether oxygens (including phenoxy) is 1. The second-order valence-electron chi connectivity index (χ2n) is 2.17. The van der Waals surface area contributed by atoms with Crippen molar-refractivity contribution in [2.75, 3.05) is 13.7 Å². The Kier molecular flexibility index (Phi) is 4.47. The van der Waals surface area contributed by atoms with E-state index in [-0.39, 0.29) is 25.5 Å². The van der Waals surface area contributed by atoms with Gasteiger partial charge < -0.3 is 10.1 Å². The van der Waals surface area contributed by atoms with Gasteiger partial charge in [-0.2, -0.15) is 13.5 Å². The number of nitrogens with one attached hydrogen (secondary N) is 1. The molecular formula is C6H13NO2S. The number of carbonyl (C=O) groups excluding carboxylic acids is 1. The van der Waals surface area contributed by atoms with Crippen molar-refractivity contribution in [3.8, 4) is 0 Å². The highest BCUT2D eigenvalue weighted by Crippen LogP contribution is 2.05. The lowest BCUT2D eigenvalue weighted by molar-refractivity contribution is -0.142. The summed E-state index contributed by atoms with van der Waals surface area (Å²) in [6.45, 7) is 0.944. The van der Waals surface area contributed by atoms with Crippen LogP contribution in [0.2, 0.25) is 0 Å². The minimum atomic E-state index is -0.132. The Bertz CT molecular complexity index is 112. The van der Waals surface area contributed by atoms with Crippen LogP contribution in [-0.2, 0) is 9.53 Å². The molecule has 60 valence electrons. The number of rotatable bonds is 1. The molecule has 0 saturated carbocycles. The van der Waals surface area contributed by atoms with Crippen LogP contribution in [0.5, 0.6) is 0 Å². The molecule has 0 aromatic heterocycles. The van der Waals surface area contributed by atoms with E-state index in [0.717, 1.165) is 19.4 Å². The largest absolute Gasteiger partial charge is 0.468 e. The lowest BCUT2D eigenvalue weighted by Gasteiger charge is -2.04. The van der Waals surface area contributed by atoms with Crippen LogP contribution >= 0.6 is 13.5 Å². The van der Waals surface area contributed by atoms with Gasteiger partial charge in [0, 0.05) is 0 Å². The summed E-state index contributed by atoms with van der Waals surface area (Å²) >= 11 is 0. The molecule has 0 amide bonds. The van der Waals surface area contributed by atoms with Crippen molar-refractivity contribution in [3.63, 3.8) is 0 Å². The van der Waals surface area contributed by atoms with E-state index in [1.807, 2.05) is 0 Å². The summed E-state index contributed by atoms with van der Waals surface area (Å²) in [5.74, 6) is -0.132. The van der Waals surface area contributed by atoms with Crippen molar-refractivity contribution in [1.29, 1.82) is 0 Å². The Morgan fingerprint density at radius 3 is 2.80 bits per heavy atom. The maximum atomic E-state index is 10.7. The van der Waals surface area contributed by atoms with E-state index in [2.05, 4.69) is 10.1 Å². The molecule has 0 unspecified atom stereocenters. The molecule has 1 aliphatic heterocycles. The molecule has 10 heavy (non-hydrogen) atoms. The van der Waals surface area contributed by atoms with Crippen LogP contribution in [0, 0.1) is 0 Å². The van der Waals surface area contributed by atoms with Gasteiger partial charge in [0.25, 0.3) is 0 Å². The van der Waals surface area contributed by atoms with Crippen LogP contribution in [0.25, 0.3) is 0 Å². The zero-order chi connectivity index (χ0) is 6.69. The SMILES string of the molecule is COC(=O)[C@@H]1CCCN1.S. The highest BCUT2D eigenvalue weighted by Gasteiger charge is 2.21. The third kappa shape index (κ3) is 2.19. The molecule has 0 bridgehead atoms. The molecule has 1 heterocycles. The first-order valence-electron chi connectivity index (χ1n) is 3.16. The second-order valence-corrected chi connectivity index (χ2v) is 2.17. The molecule has 1 N–H and O–H groups in total. The Labute approximate surface area is 67.6 Å². The fourth-order valence-electron chi connectivity index (χ4n) is 1.03. The Balaban J connectivity index is 0.000000810. The maximum absolute atomic E-state index is 10.7. The standard InChI is InChI=1S/C6H11NO2.H2S/c1-9-6(8)5-3-2-4-7-5;/h5,7H,2-4H2,1H3;1H2/t5-;/m0./s1. The highest BCUT2D eigenvalue weighted by molar-refractivity contribution is 7.59. The molecule has 1 atom stereocenters. The van der Waals surface area contributed by atoms with Crippen molar-refractivity contribution >= 4 is 19.5 Å². The number of hydrogen-bond donors (Lipinski definition) is 1. The average Bonchev–Trinajstić information content (AvgIpc) is 2.37. The Morgan fingerprint density at radius 2 is 2.40 bits per heavy atom. The van der Waals surface area contributed by atoms with Crippen molar-refractivity contribution in [1.82, 2.24) is 5.32 Å². The maximum Gasteiger partial charge on any atom is 0.322 e. The lowest BCUT2D eigenvalue weighted by Crippen LogP contribution is -2.31. The van der Waals surface area contributed by atoms with Gasteiger partial charge in [-0.3, -0.25) is 4.79 Å². The zero-order valence-corrected chi connectivity index (χ0v) is 7.02. The zero-order valence-electron chi connectivity index (χ0n) is 6.02. The molecule has 4 heteroatoms. The highest BCUT2D eigenvalue weighted by atomic mass is 32.1. The summed E-state index contributed by atoms with van der Waals surface area (Å²) in [7, 11) is 1.42. The first-order valence-corrected chi connectivity index (χ1v) is 3.16. The third-order valence-electron chi connectivity index (χ3n) is 1.55. The van der Waals surface area contributed by atoms with Crippen molar-refractivity contribution in [2.24, 2.45) is 0 Å². The van der Waals surface area contributed by atoms with Gasteiger partial charge in [-0.15, -0.1) is 0 Å². The van der Waals surface area contributed by atoms with Gasteiger partial charge in [0.2, 0.25) is 0 Å². The van der Waals surface area contributed by atoms with Crippen LogP contribution in [0.3, 0.4) is 0 Å². The molecule has 0 radical (unpaired) electrons. The topological polar surface area (TPSA) is 38.3 Å². The molecular weight excluding hydrogens is 150 g/mol. The number of esters is 1. The van der Waals surface area contributed by atoms with Crippen LogP contribution in [0.4, 0.5) is 0 Å². The summed E-state index contributed by atoms with van der Waals surface area (Å²) in [4.78, 5) is 10.7. The smallest absolute Gasteiger partial charge is 0.322 e. The first kappa shape index (κ1) is 9.78. The van der Waals surface area contributed by atoms with Crippen LogP contribution in [-0.4, -0.2) is 25.7 Å². The summed E-state index contributed by atoms with van der Waals surface area (Å²) in [5.41, 5.74) is 0. The predicted molar refractivity (Wildman–Crippen MR) is 43.4 cm³/mol. The summed E-state index contributed by atoms with van der Waals surface area (Å²) in [6.07, 6.45) is 2.01. The van der Waals surface area contributed by atoms with E-state index in [9.17, 15) is 4.79 Å². The van der Waals surface area contributed by atoms with Gasteiger partial charge in [0.1, 0.15) is 6.04 Å². The first-order chi connectivity index (χ1) is 4.34. The molecule has 3 nitrogen and oxygen atoms in total. The molecule has 1 rings (SSSR count). The van der Waals surface area contributed by atoms with Gasteiger partial charge in [0.05, 0.1) is 7.11 Å². The predicted octanol–water partition coefficient (Wildman–Crippen LogP) is 0.0242. The minimum Gasteiger partial charge on any atom is -0.468 e. The van der Waals surface area contributed by atoms with E-state index < -0.39 is 0 Å². The number of carbonyl (C=O) groups is 1. The number of hydrogen-bond acceptors (Lipinski definition) is 3. The molecule has 1 saturated heterocycles. The van der Waals surface area contributed by atoms with Crippen LogP contribution in [0.15, 0.2) is 0 Å². The number of methoxy groups -OCH3 is 1. The molecule has 1 fully saturated rings. The summed E-state index contributed by atoms with van der Waals surface area (Å²) < 4.78 is 4.53. The van der Waals surface area contributed by atoms with Gasteiger partial charge in [-0.05, 0) is 19.4 Å². The van der Waals surface area contributed by atoms with Gasteiger partial charge >= 0.3 is 5.97 Å². The fraction of sp³-hybridized carbons (Fsp3) is 0.833. The van der Waals surface area contributed by atoms with E-state index >= 15 is 0 Å². The molecule has 0 aromatic carbocycles. The van der Waals surface area contributed by atoms with Crippen LogP contribution < -0.4 is 5.32 Å². The van der Waals surface area contributed by atoms with Crippen molar-refractivity contribution in [2.45, 2.75) is 18.9 Å². The normalized spacial score (nSPS) is 23.5. The van der Waals surface area contributed by atoms with Gasteiger partial charge in [-0.1, -0.05) is 0 Å². The second kappa shape index (κ2) is 4.57. The lowest BCUT2D eigenvalue weighted by atomic mass is 10.2. The quantitative estimate of drug-likeness (QED) is 0.554. The van der Waals surface area contributed by atoms with Crippen molar-refractivity contribution in [3.05, 3.63) is 0 Å². The van der Waals surface area contributed by atoms with E-state index in [4.69, 9.17) is 0 Å². The fourth-order valence-corrected chi connectivity index (χ4v) is 1.03. The molecule has 0 aliphatic carbocycles. The van der Waals surface area contributed by atoms with Crippen molar-refractivity contribution < 1.29 is 9.53 Å². The summed E-state index contributed by atoms with van der Waals surface area (Å²) in [6, 6.07) is -0.0324. The Hall–Kier alpha value is -0.220. The molecule has 1 aliphatic rings. The van der Waals surface area contributed by atoms with Gasteiger partial charge in [-0.25, -0.2) is 0 Å². The monoisotopic (exact) mass is 163 g/mol. The van der Waals surface area contributed by atoms with Gasteiger partial charge in [0.15, 0.2) is 0 Å². The van der Waals surface area contributed by atoms with E-state index in [1.54, 1.807) is 0 Å². The Morgan fingerprint density at radius 1 is 1.70 bits per heavy atom.